The molecule has 6 aromatic heterocycles. The van der Waals surface area contributed by atoms with Crippen molar-refractivity contribution in [3.8, 4) is 33.6 Å². The van der Waals surface area contributed by atoms with Crippen LogP contribution in [0.25, 0.3) is 139 Å². The first-order valence-corrected chi connectivity index (χ1v) is 27.0. The van der Waals surface area contributed by atoms with Gasteiger partial charge in [-0.3, -0.25) is 9.97 Å². The molecule has 0 aliphatic carbocycles. The summed E-state index contributed by atoms with van der Waals surface area (Å²) in [5.74, 6) is 0. The van der Waals surface area contributed by atoms with E-state index in [-0.39, 0.29) is 76.0 Å². The van der Waals surface area contributed by atoms with Crippen LogP contribution in [0, 0.1) is 0 Å². The summed E-state index contributed by atoms with van der Waals surface area (Å²) >= 11 is 7.00. The van der Waals surface area contributed by atoms with Gasteiger partial charge in [-0.05, 0) is 91.0 Å². The van der Waals surface area contributed by atoms with Gasteiger partial charge in [0.25, 0.3) is 0 Å². The Labute approximate surface area is 488 Å². The Bertz CT molecular complexity index is 5760. The van der Waals surface area contributed by atoms with E-state index in [9.17, 15) is 12.8 Å². The second kappa shape index (κ2) is 20.9. The van der Waals surface area contributed by atoms with Crippen molar-refractivity contribution in [3.63, 3.8) is 0 Å². The molecular weight excluding hydrogens is 1070 g/mol. The molecule has 0 saturated heterocycles. The Morgan fingerprint density at radius 2 is 0.823 bits per heavy atom. The molecule has 16 aromatic rings. The fraction of sp³-hybridized carbons (Fsp3) is 0.0145. The monoisotopic (exact) mass is 1130 g/mol. The van der Waals surface area contributed by atoms with Crippen LogP contribution in [0.4, 0.5) is 0 Å². The highest BCUT2D eigenvalue weighted by molar-refractivity contribution is 9.10. The van der Waals surface area contributed by atoms with E-state index in [1.165, 1.54) is 24.6 Å². The number of benzene rings is 10. The Balaban J connectivity index is 0.000000139. The van der Waals surface area contributed by atoms with E-state index in [4.69, 9.17) is 18.7 Å². The summed E-state index contributed by atoms with van der Waals surface area (Å²) < 4.78 is 110. The van der Waals surface area contributed by atoms with Gasteiger partial charge in [-0.25, -0.2) is 9.97 Å². The highest BCUT2D eigenvalue weighted by atomic mass is 79.9. The highest BCUT2D eigenvalue weighted by Gasteiger charge is 2.19. The highest BCUT2D eigenvalue weighted by Crippen LogP contribution is 2.44. The first-order valence-electron chi connectivity index (χ1n) is 30.6. The number of nitrogens with zero attached hydrogens (tertiary/aromatic N) is 4. The third-order valence-electron chi connectivity index (χ3n) is 13.7. The first-order chi connectivity index (χ1) is 43.4. The molecule has 6 heterocycles. The van der Waals surface area contributed by atoms with Crippen molar-refractivity contribution in [2.24, 2.45) is 0 Å². The minimum absolute atomic E-state index is 0. The van der Waals surface area contributed by atoms with Crippen LogP contribution < -0.4 is 5.46 Å². The lowest BCUT2D eigenvalue weighted by Gasteiger charge is -2.13. The number of hydrogen-bond acceptors (Lipinski definition) is 8. The Kier molecular flexibility index (Phi) is 10.0. The minimum atomic E-state index is -2.20. The maximum absolute atomic E-state index is 9.90. The van der Waals surface area contributed by atoms with E-state index in [1.54, 1.807) is 48.0 Å². The van der Waals surface area contributed by atoms with E-state index in [2.05, 4.69) is 73.3 Å². The van der Waals surface area contributed by atoms with Gasteiger partial charge in [0.2, 0.25) is 0 Å². The SMILES string of the molecule is Brc1cccc2c1sc1ccccc12.C.[2H]c1c([2H])c([2H])c2c(-c3ccc4ccc5cccnc5c4n3)c([2H])c([2H])c(B(O)O)c2c1[2H].[2H]c1c([2H])c([2H])c2c(-c3cccc4c3sc3ccccc34)c([2H])c([2H])c(-c3ccc4ccc5cccnc5c4n3)c2c1[2H]. The van der Waals surface area contributed by atoms with Crippen molar-refractivity contribution < 1.29 is 26.5 Å². The second-order valence-corrected chi connectivity index (χ2v) is 21.2. The van der Waals surface area contributed by atoms with Crippen molar-refractivity contribution in [2.45, 2.75) is 7.43 Å². The van der Waals surface area contributed by atoms with Crippen molar-refractivity contribution in [3.05, 3.63) is 247 Å². The molecule has 0 atom stereocenters. The molecule has 0 aliphatic heterocycles. The summed E-state index contributed by atoms with van der Waals surface area (Å²) in [6, 6.07) is 46.4. The maximum Gasteiger partial charge on any atom is 0.489 e. The predicted molar refractivity (Wildman–Crippen MR) is 342 cm³/mol. The molecule has 0 unspecified atom stereocenters. The molecule has 0 spiro atoms. The Morgan fingerprint density at radius 1 is 0.380 bits per heavy atom. The summed E-state index contributed by atoms with van der Waals surface area (Å²) in [7, 11) is -2.20. The molecule has 0 saturated carbocycles. The number of rotatable bonds is 4. The lowest BCUT2D eigenvalue weighted by Crippen LogP contribution is -2.30. The van der Waals surface area contributed by atoms with Crippen LogP contribution in [0.15, 0.2) is 247 Å². The predicted octanol–water partition coefficient (Wildman–Crippen LogP) is 18.4. The van der Waals surface area contributed by atoms with E-state index in [0.29, 0.717) is 38.9 Å². The van der Waals surface area contributed by atoms with Gasteiger partial charge in [-0.1, -0.05) is 195 Å². The van der Waals surface area contributed by atoms with E-state index in [0.717, 1.165) is 41.7 Å². The van der Waals surface area contributed by atoms with Gasteiger partial charge in [-0.15, -0.1) is 22.7 Å². The van der Waals surface area contributed by atoms with Gasteiger partial charge in [0.15, 0.2) is 0 Å². The van der Waals surface area contributed by atoms with Gasteiger partial charge in [-0.2, -0.15) is 0 Å². The molecule has 0 fully saturated rings. The van der Waals surface area contributed by atoms with Crippen LogP contribution in [-0.4, -0.2) is 37.1 Å². The molecular formula is C69H46BBrN4O2S2. The molecule has 2 N–H and O–H groups in total. The third kappa shape index (κ3) is 8.94. The molecule has 79 heavy (non-hydrogen) atoms. The number of fused-ring (bicyclic) bond motifs is 14. The van der Waals surface area contributed by atoms with Crippen LogP contribution in [0.2, 0.25) is 0 Å². The smallest absolute Gasteiger partial charge is 0.423 e. The quantitative estimate of drug-likeness (QED) is 0.135. The average Bonchev–Trinajstić information content (AvgIpc) is 1.01. The summed E-state index contributed by atoms with van der Waals surface area (Å²) in [6.07, 6.45) is 3.33. The molecule has 0 amide bonds. The maximum atomic E-state index is 9.90. The minimum Gasteiger partial charge on any atom is -0.423 e. The average molecular weight is 1130 g/mol. The van der Waals surface area contributed by atoms with E-state index in [1.807, 2.05) is 102 Å². The molecule has 10 heteroatoms. The Hall–Kier alpha value is -8.74. The lowest BCUT2D eigenvalue weighted by molar-refractivity contribution is 0.426. The molecule has 0 radical (unpaired) electrons. The lowest BCUT2D eigenvalue weighted by atomic mass is 9.76. The van der Waals surface area contributed by atoms with Crippen LogP contribution >= 0.6 is 38.6 Å². The molecule has 10 aromatic carbocycles. The largest absolute Gasteiger partial charge is 0.489 e. The van der Waals surface area contributed by atoms with Crippen molar-refractivity contribution >= 4 is 157 Å². The first kappa shape index (κ1) is 37.9. The molecule has 6 nitrogen and oxygen atoms in total. The summed E-state index contributed by atoms with van der Waals surface area (Å²) in [5, 5.41) is 28.1. The normalized spacial score (nSPS) is 13.5. The van der Waals surface area contributed by atoms with Gasteiger partial charge in [0.1, 0.15) is 0 Å². The van der Waals surface area contributed by atoms with Crippen molar-refractivity contribution in [2.75, 3.05) is 0 Å². The molecule has 0 aliphatic rings. The van der Waals surface area contributed by atoms with E-state index >= 15 is 0 Å². The van der Waals surface area contributed by atoms with Gasteiger partial charge in [0, 0.05) is 95.4 Å². The number of thiophene rings is 2. The van der Waals surface area contributed by atoms with Crippen molar-refractivity contribution in [1.29, 1.82) is 0 Å². The number of aromatic nitrogens is 4. The molecule has 16 rings (SSSR count). The van der Waals surface area contributed by atoms with E-state index < -0.39 is 54.9 Å². The van der Waals surface area contributed by atoms with Gasteiger partial charge in [0.05, 0.1) is 49.9 Å². The summed E-state index contributed by atoms with van der Waals surface area (Å²) in [6.45, 7) is 0. The van der Waals surface area contributed by atoms with Crippen LogP contribution in [0.3, 0.4) is 0 Å². The zero-order valence-electron chi connectivity index (χ0n) is 52.6. The zero-order chi connectivity index (χ0) is 62.7. The number of hydrogen-bond donors (Lipinski definition) is 2. The van der Waals surface area contributed by atoms with Crippen LogP contribution in [0.1, 0.15) is 23.9 Å². The Morgan fingerprint density at radius 3 is 1.41 bits per heavy atom. The van der Waals surface area contributed by atoms with Crippen LogP contribution in [-0.2, 0) is 0 Å². The van der Waals surface area contributed by atoms with Crippen molar-refractivity contribution in [1.82, 2.24) is 19.9 Å². The van der Waals surface area contributed by atoms with Gasteiger partial charge >= 0.3 is 7.12 Å². The third-order valence-corrected chi connectivity index (χ3v) is 17.1. The summed E-state index contributed by atoms with van der Waals surface area (Å²) in [5.41, 5.74) is 3.81. The van der Waals surface area contributed by atoms with Crippen LogP contribution in [0.5, 0.6) is 0 Å². The zero-order valence-corrected chi connectivity index (χ0v) is 43.8. The second-order valence-electron chi connectivity index (χ2n) is 18.2. The molecule has 376 valence electrons. The topological polar surface area (TPSA) is 92.0 Å². The fourth-order valence-corrected chi connectivity index (χ4v) is 13.0. The summed E-state index contributed by atoms with van der Waals surface area (Å²) in [4.78, 5) is 18.5. The number of halogens is 1. The standard InChI is InChI=1S/C34H20N2S.C22H15BN2O2.C12H7BrS.CH4/c1-2-9-24-23(8-1)25(28-11-5-12-29-27-10-3-4-13-31(27)37-34(28)29)17-18-26(24)30-19-16-22-15-14-21-7-6-20-35-32(21)33(22)36-30;26-23(27)19-11-10-18(16-5-1-2-6-17(16)19)20-12-9-15-8-7-14-4-3-13-24-21(14)22(15)25-20;13-10-6-3-5-9-8-4-1-2-7-11(8)14-12(9)10;/h1-20H;1-13,26-27H;1-7H;1H4/i1D,2D,8D,9D,17D,18D;1D,2D,5D,6D,10D,11D;;. The molecule has 0 bridgehead atoms. The fourth-order valence-electron chi connectivity index (χ4n) is 10.1. The van der Waals surface area contributed by atoms with Gasteiger partial charge < -0.3 is 10.0 Å². The number of pyridine rings is 4.